The molecule has 1 amide bonds. The van der Waals surface area contributed by atoms with Gasteiger partial charge in [-0.1, -0.05) is 12.1 Å². The van der Waals surface area contributed by atoms with Crippen LogP contribution in [0.15, 0.2) is 48.5 Å². The Hall–Kier alpha value is -2.49. The Kier molecular flexibility index (Phi) is 4.25. The molecule has 20 heavy (non-hydrogen) atoms. The summed E-state index contributed by atoms with van der Waals surface area (Å²) in [4.78, 5) is 22.9. The highest BCUT2D eigenvalue weighted by molar-refractivity contribution is 5.98. The molecule has 4 heteroatoms. The average Bonchev–Trinajstić information content (AvgIpc) is 2.38. The lowest BCUT2D eigenvalue weighted by Gasteiger charge is -2.04. The maximum Gasteiger partial charge on any atom is 0.221 e. The van der Waals surface area contributed by atoms with E-state index in [1.807, 2.05) is 0 Å². The lowest BCUT2D eigenvalue weighted by atomic mass is 10.0. The summed E-state index contributed by atoms with van der Waals surface area (Å²) >= 11 is 0. The second kappa shape index (κ2) is 6.10. The quantitative estimate of drug-likeness (QED) is 0.868. The minimum Gasteiger partial charge on any atom is -0.326 e. The smallest absolute Gasteiger partial charge is 0.221 e. The van der Waals surface area contributed by atoms with Crippen molar-refractivity contribution in [2.45, 2.75) is 13.3 Å². The van der Waals surface area contributed by atoms with Crippen molar-refractivity contribution >= 4 is 17.4 Å². The molecule has 2 aromatic rings. The number of anilines is 1. The number of nitrogens with one attached hydrogen (secondary N) is 1. The van der Waals surface area contributed by atoms with Crippen molar-refractivity contribution in [3.05, 3.63) is 65.5 Å². The molecular weight excluding hydrogens is 257 g/mol. The van der Waals surface area contributed by atoms with Crippen LogP contribution in [0.4, 0.5) is 10.1 Å². The summed E-state index contributed by atoms with van der Waals surface area (Å²) in [5.41, 5.74) is 1.81. The number of amides is 1. The van der Waals surface area contributed by atoms with Crippen molar-refractivity contribution in [2.24, 2.45) is 0 Å². The number of carbonyl (C=O) groups is 2. The monoisotopic (exact) mass is 271 g/mol. The van der Waals surface area contributed by atoms with Gasteiger partial charge >= 0.3 is 0 Å². The topological polar surface area (TPSA) is 46.2 Å². The van der Waals surface area contributed by atoms with Gasteiger partial charge < -0.3 is 5.32 Å². The van der Waals surface area contributed by atoms with Gasteiger partial charge in [-0.3, -0.25) is 9.59 Å². The van der Waals surface area contributed by atoms with Crippen LogP contribution in [0.3, 0.4) is 0 Å². The first-order valence-corrected chi connectivity index (χ1v) is 6.20. The molecule has 2 aromatic carbocycles. The number of hydrogen-bond donors (Lipinski definition) is 1. The highest BCUT2D eigenvalue weighted by Crippen LogP contribution is 2.13. The highest BCUT2D eigenvalue weighted by Gasteiger charge is 2.08. The molecule has 0 aromatic heterocycles. The number of halogens is 1. The molecule has 0 saturated heterocycles. The van der Waals surface area contributed by atoms with Gasteiger partial charge in [0.25, 0.3) is 0 Å². The van der Waals surface area contributed by atoms with Crippen LogP contribution >= 0.6 is 0 Å². The van der Waals surface area contributed by atoms with Gasteiger partial charge in [-0.25, -0.2) is 4.39 Å². The van der Waals surface area contributed by atoms with E-state index in [9.17, 15) is 14.0 Å². The summed E-state index contributed by atoms with van der Waals surface area (Å²) in [6.45, 7) is 1.42. The molecule has 0 spiro atoms. The second-order valence-corrected chi connectivity index (χ2v) is 4.49. The first kappa shape index (κ1) is 13.9. The Labute approximate surface area is 116 Å². The summed E-state index contributed by atoms with van der Waals surface area (Å²) in [5.74, 6) is -0.606. The standard InChI is InChI=1S/C16H14FNO2/c1-11(19)18-15-7-5-13(6-8-15)16(20)10-12-3-2-4-14(17)9-12/h2-9H,10H2,1H3,(H,18,19). The van der Waals surface area contributed by atoms with E-state index in [0.29, 0.717) is 16.8 Å². The Morgan fingerprint density at radius 1 is 1.10 bits per heavy atom. The van der Waals surface area contributed by atoms with Gasteiger partial charge in [-0.05, 0) is 42.0 Å². The molecule has 2 rings (SSSR count). The number of hydrogen-bond acceptors (Lipinski definition) is 2. The van der Waals surface area contributed by atoms with Gasteiger partial charge in [-0.2, -0.15) is 0 Å². The van der Waals surface area contributed by atoms with Crippen molar-refractivity contribution < 1.29 is 14.0 Å². The number of Topliss-reactive ketones (excluding diaryl/α,β-unsaturated/α-hetero) is 1. The van der Waals surface area contributed by atoms with Crippen LogP contribution in [0.1, 0.15) is 22.8 Å². The van der Waals surface area contributed by atoms with Gasteiger partial charge in [0.2, 0.25) is 5.91 Å². The molecule has 0 bridgehead atoms. The van der Waals surface area contributed by atoms with Gasteiger partial charge in [0.05, 0.1) is 0 Å². The number of benzene rings is 2. The molecule has 3 nitrogen and oxygen atoms in total. The lowest BCUT2D eigenvalue weighted by Crippen LogP contribution is -2.07. The molecule has 0 unspecified atom stereocenters. The molecule has 0 aliphatic rings. The van der Waals surface area contributed by atoms with Gasteiger partial charge in [0.15, 0.2) is 5.78 Å². The van der Waals surface area contributed by atoms with Crippen LogP contribution in [0, 0.1) is 5.82 Å². The molecule has 102 valence electrons. The summed E-state index contributed by atoms with van der Waals surface area (Å²) in [6.07, 6.45) is 0.150. The molecule has 1 N–H and O–H groups in total. The normalized spacial score (nSPS) is 10.1. The SMILES string of the molecule is CC(=O)Nc1ccc(C(=O)Cc2cccc(F)c2)cc1. The van der Waals surface area contributed by atoms with E-state index in [4.69, 9.17) is 0 Å². The van der Waals surface area contributed by atoms with Crippen molar-refractivity contribution in [2.75, 3.05) is 5.32 Å². The van der Waals surface area contributed by atoms with Crippen LogP contribution in [-0.4, -0.2) is 11.7 Å². The van der Waals surface area contributed by atoms with E-state index in [0.717, 1.165) is 0 Å². The average molecular weight is 271 g/mol. The zero-order valence-electron chi connectivity index (χ0n) is 11.0. The zero-order chi connectivity index (χ0) is 14.5. The van der Waals surface area contributed by atoms with Crippen LogP contribution in [0.5, 0.6) is 0 Å². The van der Waals surface area contributed by atoms with E-state index in [-0.39, 0.29) is 23.9 Å². The first-order valence-electron chi connectivity index (χ1n) is 6.20. The Balaban J connectivity index is 2.07. The minimum absolute atomic E-state index is 0.0926. The molecule has 0 saturated carbocycles. The van der Waals surface area contributed by atoms with Crippen molar-refractivity contribution in [3.8, 4) is 0 Å². The molecule has 0 fully saturated rings. The van der Waals surface area contributed by atoms with Gasteiger partial charge in [0, 0.05) is 24.6 Å². The third-order valence-corrected chi connectivity index (χ3v) is 2.78. The maximum atomic E-state index is 13.0. The Morgan fingerprint density at radius 2 is 1.80 bits per heavy atom. The van der Waals surface area contributed by atoms with Gasteiger partial charge in [-0.15, -0.1) is 0 Å². The zero-order valence-corrected chi connectivity index (χ0v) is 11.0. The summed E-state index contributed by atoms with van der Waals surface area (Å²) in [6, 6.07) is 12.6. The lowest BCUT2D eigenvalue weighted by molar-refractivity contribution is -0.114. The van der Waals surface area contributed by atoms with Crippen LogP contribution < -0.4 is 5.32 Å². The number of carbonyl (C=O) groups excluding carboxylic acids is 2. The Bertz CT molecular complexity index is 635. The minimum atomic E-state index is -0.351. The summed E-state index contributed by atoms with van der Waals surface area (Å²) < 4.78 is 13.0. The highest BCUT2D eigenvalue weighted by atomic mass is 19.1. The van der Waals surface area contributed by atoms with Crippen LogP contribution in [0.25, 0.3) is 0 Å². The third kappa shape index (κ3) is 3.75. The largest absolute Gasteiger partial charge is 0.326 e. The van der Waals surface area contributed by atoms with E-state index in [1.54, 1.807) is 36.4 Å². The number of rotatable bonds is 4. The predicted octanol–water partition coefficient (Wildman–Crippen LogP) is 3.21. The van der Waals surface area contributed by atoms with Crippen molar-refractivity contribution in [1.82, 2.24) is 0 Å². The van der Waals surface area contributed by atoms with E-state index in [1.165, 1.54) is 19.1 Å². The summed E-state index contributed by atoms with van der Waals surface area (Å²) in [5, 5.41) is 2.63. The first-order chi connectivity index (χ1) is 9.54. The van der Waals surface area contributed by atoms with Crippen molar-refractivity contribution in [1.29, 1.82) is 0 Å². The van der Waals surface area contributed by atoms with Crippen molar-refractivity contribution in [3.63, 3.8) is 0 Å². The number of ketones is 1. The Morgan fingerprint density at radius 3 is 2.40 bits per heavy atom. The fraction of sp³-hybridized carbons (Fsp3) is 0.125. The molecule has 0 heterocycles. The predicted molar refractivity (Wildman–Crippen MR) is 75.2 cm³/mol. The molecule has 0 atom stereocenters. The van der Waals surface area contributed by atoms with Crippen LogP contribution in [-0.2, 0) is 11.2 Å². The fourth-order valence-corrected chi connectivity index (χ4v) is 1.88. The molecule has 0 aliphatic heterocycles. The van der Waals surface area contributed by atoms with E-state index < -0.39 is 0 Å². The maximum absolute atomic E-state index is 13.0. The van der Waals surface area contributed by atoms with E-state index >= 15 is 0 Å². The van der Waals surface area contributed by atoms with Gasteiger partial charge in [0.1, 0.15) is 5.82 Å². The molecule has 0 radical (unpaired) electrons. The van der Waals surface area contributed by atoms with Crippen LogP contribution in [0.2, 0.25) is 0 Å². The molecular formula is C16H14FNO2. The second-order valence-electron chi connectivity index (χ2n) is 4.49. The fourth-order valence-electron chi connectivity index (χ4n) is 1.88. The third-order valence-electron chi connectivity index (χ3n) is 2.78. The molecule has 0 aliphatic carbocycles. The van der Waals surface area contributed by atoms with E-state index in [2.05, 4.69) is 5.32 Å². The summed E-state index contributed by atoms with van der Waals surface area (Å²) in [7, 11) is 0.